The molecule has 0 saturated carbocycles. The van der Waals surface area contributed by atoms with Gasteiger partial charge in [0.2, 0.25) is 0 Å². The second-order valence-electron chi connectivity index (χ2n) is 4.48. The molecule has 126 valence electrons. The summed E-state index contributed by atoms with van der Waals surface area (Å²) in [6, 6.07) is 8.01. The van der Waals surface area contributed by atoms with Crippen LogP contribution in [0.1, 0.15) is 10.4 Å². The number of amides is 2. The molecule has 1 aromatic heterocycles. The highest BCUT2D eigenvalue weighted by atomic mass is 35.5. The van der Waals surface area contributed by atoms with Crippen molar-refractivity contribution in [1.29, 1.82) is 0 Å². The largest absolute Gasteiger partial charge is 0.482 e. The summed E-state index contributed by atoms with van der Waals surface area (Å²) in [7, 11) is 0. The predicted octanol–water partition coefficient (Wildman–Crippen LogP) is 2.06. The van der Waals surface area contributed by atoms with E-state index in [1.165, 1.54) is 6.07 Å². The Kier molecular flexibility index (Phi) is 6.16. The van der Waals surface area contributed by atoms with E-state index in [2.05, 4.69) is 5.32 Å². The van der Waals surface area contributed by atoms with Gasteiger partial charge in [0, 0.05) is 5.02 Å². The number of hydrogen-bond acceptors (Lipinski definition) is 6. The third kappa shape index (κ3) is 5.25. The van der Waals surface area contributed by atoms with E-state index >= 15 is 0 Å². The summed E-state index contributed by atoms with van der Waals surface area (Å²) in [4.78, 5) is 34.4. The Bertz CT molecular complexity index is 762. The zero-order valence-corrected chi connectivity index (χ0v) is 13.9. The fraction of sp³-hybridized carbons (Fsp3) is 0.133. The number of primary amides is 1. The van der Waals surface area contributed by atoms with Gasteiger partial charge in [0.05, 0.1) is 5.56 Å². The molecule has 0 fully saturated rings. The van der Waals surface area contributed by atoms with Gasteiger partial charge < -0.3 is 20.5 Å². The summed E-state index contributed by atoms with van der Waals surface area (Å²) >= 11 is 6.92. The molecule has 9 heteroatoms. The lowest BCUT2D eigenvalue weighted by atomic mass is 10.3. The van der Waals surface area contributed by atoms with E-state index in [0.717, 1.165) is 11.3 Å². The van der Waals surface area contributed by atoms with Gasteiger partial charge in [-0.15, -0.1) is 11.3 Å². The Morgan fingerprint density at radius 1 is 1.21 bits per heavy atom. The van der Waals surface area contributed by atoms with Crippen LogP contribution in [0.3, 0.4) is 0 Å². The summed E-state index contributed by atoms with van der Waals surface area (Å²) < 4.78 is 9.97. The van der Waals surface area contributed by atoms with Crippen LogP contribution in [0, 0.1) is 0 Å². The van der Waals surface area contributed by atoms with Gasteiger partial charge in [-0.3, -0.25) is 9.59 Å². The number of rotatable bonds is 7. The Morgan fingerprint density at radius 3 is 2.71 bits per heavy atom. The van der Waals surface area contributed by atoms with E-state index in [1.54, 1.807) is 29.6 Å². The average Bonchev–Trinajstić information content (AvgIpc) is 2.99. The topological polar surface area (TPSA) is 108 Å². The van der Waals surface area contributed by atoms with Crippen LogP contribution in [0.5, 0.6) is 5.75 Å². The minimum Gasteiger partial charge on any atom is -0.482 e. The van der Waals surface area contributed by atoms with Crippen LogP contribution >= 0.6 is 22.9 Å². The summed E-state index contributed by atoms with van der Waals surface area (Å²) in [5, 5.41) is 4.84. The number of ether oxygens (including phenoxy) is 2. The van der Waals surface area contributed by atoms with Crippen LogP contribution in [0.2, 0.25) is 5.02 Å². The highest BCUT2D eigenvalue weighted by molar-refractivity contribution is 7.14. The first-order valence-corrected chi connectivity index (χ1v) is 7.92. The third-order valence-corrected chi connectivity index (χ3v) is 3.77. The molecule has 0 saturated heterocycles. The SMILES string of the molecule is NC(=O)c1ccsc1NC(=O)COC(=O)COc1cccc(Cl)c1. The number of carbonyl (C=O) groups excluding carboxylic acids is 3. The first-order chi connectivity index (χ1) is 11.5. The third-order valence-electron chi connectivity index (χ3n) is 2.70. The van der Waals surface area contributed by atoms with Crippen molar-refractivity contribution < 1.29 is 23.9 Å². The zero-order chi connectivity index (χ0) is 17.5. The number of carbonyl (C=O) groups is 3. The first-order valence-electron chi connectivity index (χ1n) is 6.67. The molecule has 0 spiro atoms. The van der Waals surface area contributed by atoms with Crippen LogP contribution in [0.4, 0.5) is 5.00 Å². The normalized spacial score (nSPS) is 10.0. The fourth-order valence-corrected chi connectivity index (χ4v) is 2.64. The Labute approximate surface area is 146 Å². The average molecular weight is 369 g/mol. The number of halogens is 1. The van der Waals surface area contributed by atoms with Gasteiger partial charge in [-0.25, -0.2) is 4.79 Å². The summed E-state index contributed by atoms with van der Waals surface area (Å²) in [6.45, 7) is -0.868. The van der Waals surface area contributed by atoms with Crippen molar-refractivity contribution in [1.82, 2.24) is 0 Å². The minimum atomic E-state index is -0.716. The fourth-order valence-electron chi connectivity index (χ4n) is 1.65. The molecule has 1 heterocycles. The monoisotopic (exact) mass is 368 g/mol. The zero-order valence-electron chi connectivity index (χ0n) is 12.3. The van der Waals surface area contributed by atoms with Crippen LogP contribution in [0.25, 0.3) is 0 Å². The van der Waals surface area contributed by atoms with Crippen molar-refractivity contribution in [2.24, 2.45) is 5.73 Å². The van der Waals surface area contributed by atoms with Gasteiger partial charge in [0.1, 0.15) is 10.8 Å². The second-order valence-corrected chi connectivity index (χ2v) is 5.84. The molecule has 0 bridgehead atoms. The Hall–Kier alpha value is -2.58. The first kappa shape index (κ1) is 17.8. The smallest absolute Gasteiger partial charge is 0.344 e. The molecule has 2 aromatic rings. The molecular weight excluding hydrogens is 356 g/mol. The van der Waals surface area contributed by atoms with E-state index < -0.39 is 24.4 Å². The second kappa shape index (κ2) is 8.32. The van der Waals surface area contributed by atoms with Crippen molar-refractivity contribution in [3.63, 3.8) is 0 Å². The van der Waals surface area contributed by atoms with Gasteiger partial charge in [0.25, 0.3) is 11.8 Å². The summed E-state index contributed by atoms with van der Waals surface area (Å²) in [5.74, 6) is -1.55. The van der Waals surface area contributed by atoms with Crippen molar-refractivity contribution in [2.45, 2.75) is 0 Å². The number of hydrogen-bond donors (Lipinski definition) is 2. The summed E-state index contributed by atoms with van der Waals surface area (Å²) in [5.41, 5.74) is 5.37. The lowest BCUT2D eigenvalue weighted by Crippen LogP contribution is -2.24. The molecule has 24 heavy (non-hydrogen) atoms. The molecule has 0 atom stereocenters. The number of nitrogens with two attached hydrogens (primary N) is 1. The molecule has 3 N–H and O–H groups in total. The van der Waals surface area contributed by atoms with Crippen molar-refractivity contribution in [2.75, 3.05) is 18.5 Å². The van der Waals surface area contributed by atoms with Crippen molar-refractivity contribution in [3.05, 3.63) is 46.3 Å². The maximum Gasteiger partial charge on any atom is 0.344 e. The molecule has 0 aliphatic heterocycles. The van der Waals surface area contributed by atoms with Crippen LogP contribution < -0.4 is 15.8 Å². The van der Waals surface area contributed by atoms with Gasteiger partial charge in [-0.1, -0.05) is 17.7 Å². The van der Waals surface area contributed by atoms with Gasteiger partial charge >= 0.3 is 5.97 Å². The van der Waals surface area contributed by atoms with Gasteiger partial charge in [-0.05, 0) is 29.6 Å². The van der Waals surface area contributed by atoms with Crippen LogP contribution in [0.15, 0.2) is 35.7 Å². The molecule has 0 aliphatic carbocycles. The van der Waals surface area contributed by atoms with E-state index in [9.17, 15) is 14.4 Å². The molecular formula is C15H13ClN2O5S. The minimum absolute atomic E-state index is 0.198. The molecule has 0 unspecified atom stereocenters. The van der Waals surface area contributed by atoms with E-state index in [0.29, 0.717) is 15.8 Å². The lowest BCUT2D eigenvalue weighted by molar-refractivity contribution is -0.149. The van der Waals surface area contributed by atoms with E-state index in [1.807, 2.05) is 0 Å². The molecule has 7 nitrogen and oxygen atoms in total. The lowest BCUT2D eigenvalue weighted by Gasteiger charge is -2.08. The standard InChI is InChI=1S/C15H13ClN2O5S/c16-9-2-1-3-10(6-9)22-8-13(20)23-7-12(19)18-15-11(14(17)21)4-5-24-15/h1-6H,7-8H2,(H2,17,21)(H,18,19). The maximum absolute atomic E-state index is 11.7. The van der Waals surface area contributed by atoms with Crippen molar-refractivity contribution >= 4 is 45.7 Å². The molecule has 1 aromatic carbocycles. The number of nitrogens with one attached hydrogen (secondary N) is 1. The van der Waals surface area contributed by atoms with Crippen molar-refractivity contribution in [3.8, 4) is 5.75 Å². The quantitative estimate of drug-likeness (QED) is 0.727. The van der Waals surface area contributed by atoms with Crippen LogP contribution in [-0.4, -0.2) is 31.0 Å². The number of thiophene rings is 1. The number of esters is 1. The maximum atomic E-state index is 11.7. The van der Waals surface area contributed by atoms with Gasteiger partial charge in [-0.2, -0.15) is 0 Å². The molecule has 2 amide bonds. The molecule has 0 radical (unpaired) electrons. The Balaban J connectivity index is 1.76. The highest BCUT2D eigenvalue weighted by Crippen LogP contribution is 2.22. The molecule has 0 aliphatic rings. The van der Waals surface area contributed by atoms with Gasteiger partial charge in [0.15, 0.2) is 13.2 Å². The van der Waals surface area contributed by atoms with E-state index in [-0.39, 0.29) is 12.2 Å². The predicted molar refractivity (Wildman–Crippen MR) is 89.4 cm³/mol. The molecule has 2 rings (SSSR count). The van der Waals surface area contributed by atoms with E-state index in [4.69, 9.17) is 26.8 Å². The number of anilines is 1. The number of benzene rings is 1. The highest BCUT2D eigenvalue weighted by Gasteiger charge is 2.14. The van der Waals surface area contributed by atoms with Crippen LogP contribution in [-0.2, 0) is 14.3 Å². The Morgan fingerprint density at radius 2 is 2.00 bits per heavy atom. The summed E-state index contributed by atoms with van der Waals surface area (Å²) in [6.07, 6.45) is 0.